The van der Waals surface area contributed by atoms with Crippen LogP contribution in [0.4, 0.5) is 5.69 Å². The number of benzene rings is 2. The summed E-state index contributed by atoms with van der Waals surface area (Å²) in [7, 11) is -3.65. The zero-order valence-corrected chi connectivity index (χ0v) is 20.1. The van der Waals surface area contributed by atoms with Gasteiger partial charge >= 0.3 is 0 Å². The van der Waals surface area contributed by atoms with Crippen molar-refractivity contribution in [1.29, 1.82) is 0 Å². The van der Waals surface area contributed by atoms with Gasteiger partial charge in [-0.15, -0.1) is 0 Å². The third kappa shape index (κ3) is 5.02. The Morgan fingerprint density at radius 3 is 2.22 bits per heavy atom. The van der Waals surface area contributed by atoms with Crippen molar-refractivity contribution in [2.45, 2.75) is 45.7 Å². The molecule has 172 valence electrons. The summed E-state index contributed by atoms with van der Waals surface area (Å²) in [6, 6.07) is 15.3. The first kappa shape index (κ1) is 23.9. The van der Waals surface area contributed by atoms with Crippen molar-refractivity contribution >= 4 is 27.5 Å². The second-order valence-corrected chi connectivity index (χ2v) is 10.9. The number of rotatable bonds is 6. The molecule has 1 aliphatic heterocycles. The Kier molecular flexibility index (Phi) is 6.76. The van der Waals surface area contributed by atoms with Crippen molar-refractivity contribution in [2.75, 3.05) is 24.2 Å². The second-order valence-electron chi connectivity index (χ2n) is 8.95. The van der Waals surface area contributed by atoms with Crippen LogP contribution in [0.5, 0.6) is 0 Å². The molecule has 0 aromatic heterocycles. The monoisotopic (exact) mass is 457 g/mol. The summed E-state index contributed by atoms with van der Waals surface area (Å²) >= 11 is 0. The van der Waals surface area contributed by atoms with Crippen molar-refractivity contribution in [3.05, 3.63) is 65.2 Å². The first-order valence-corrected chi connectivity index (χ1v) is 12.5. The van der Waals surface area contributed by atoms with E-state index in [9.17, 15) is 18.0 Å². The molecule has 2 aromatic carbocycles. The Bertz CT molecular complexity index is 1100. The maximum atomic E-state index is 13.4. The molecule has 0 unspecified atom stereocenters. The van der Waals surface area contributed by atoms with Gasteiger partial charge in [0, 0.05) is 18.8 Å². The van der Waals surface area contributed by atoms with Gasteiger partial charge in [0.25, 0.3) is 0 Å². The molecule has 1 N–H and O–H groups in total. The maximum Gasteiger partial charge on any atom is 0.247 e. The Morgan fingerprint density at radius 2 is 1.69 bits per heavy atom. The SMILES string of the molecule is Cc1ccc(CNC(=O)[C@]2(C)CN(S(C)(=O)=O)CC(=O)N2c2ccc(C(C)C)cc2)cc1. The van der Waals surface area contributed by atoms with Gasteiger partial charge in [-0.2, -0.15) is 4.31 Å². The fraction of sp³-hybridized carbons (Fsp3) is 0.417. The lowest BCUT2D eigenvalue weighted by Crippen LogP contribution is -2.70. The van der Waals surface area contributed by atoms with E-state index < -0.39 is 27.4 Å². The van der Waals surface area contributed by atoms with E-state index in [1.165, 1.54) is 4.90 Å². The molecule has 7 nitrogen and oxygen atoms in total. The Labute approximate surface area is 190 Å². The number of carbonyl (C=O) groups excluding carboxylic acids is 2. The molecule has 0 bridgehead atoms. The summed E-state index contributed by atoms with van der Waals surface area (Å²) in [6.07, 6.45) is 1.05. The standard InChI is InChI=1S/C24H31N3O4S/c1-17(2)20-10-12-21(13-11-20)27-22(28)15-26(32(5,30)31)16-24(27,4)23(29)25-14-19-8-6-18(3)7-9-19/h6-13,17H,14-16H2,1-5H3,(H,25,29)/t24-/m0/s1. The van der Waals surface area contributed by atoms with Crippen molar-refractivity contribution < 1.29 is 18.0 Å². The molecular formula is C24H31N3O4S. The van der Waals surface area contributed by atoms with Crippen LogP contribution in [-0.2, 0) is 26.2 Å². The smallest absolute Gasteiger partial charge is 0.247 e. The highest BCUT2D eigenvalue weighted by molar-refractivity contribution is 7.88. The van der Waals surface area contributed by atoms with Gasteiger partial charge in [0.2, 0.25) is 21.8 Å². The van der Waals surface area contributed by atoms with Gasteiger partial charge in [-0.3, -0.25) is 14.5 Å². The molecule has 1 aliphatic rings. The van der Waals surface area contributed by atoms with Crippen molar-refractivity contribution in [2.24, 2.45) is 0 Å². The van der Waals surface area contributed by atoms with E-state index in [1.807, 2.05) is 55.5 Å². The minimum absolute atomic E-state index is 0.122. The first-order chi connectivity index (χ1) is 14.9. The van der Waals surface area contributed by atoms with Crippen LogP contribution < -0.4 is 10.2 Å². The lowest BCUT2D eigenvalue weighted by molar-refractivity contribution is -0.133. The van der Waals surface area contributed by atoms with Crippen LogP contribution in [0.3, 0.4) is 0 Å². The lowest BCUT2D eigenvalue weighted by Gasteiger charge is -2.46. The van der Waals surface area contributed by atoms with Crippen LogP contribution >= 0.6 is 0 Å². The highest BCUT2D eigenvalue weighted by atomic mass is 32.2. The summed E-state index contributed by atoms with van der Waals surface area (Å²) in [6.45, 7) is 7.61. The van der Waals surface area contributed by atoms with E-state index in [4.69, 9.17) is 0 Å². The van der Waals surface area contributed by atoms with Crippen molar-refractivity contribution in [3.63, 3.8) is 0 Å². The average Bonchev–Trinajstić information content (AvgIpc) is 2.72. The number of nitrogens with one attached hydrogen (secondary N) is 1. The summed E-state index contributed by atoms with van der Waals surface area (Å²) in [4.78, 5) is 28.0. The number of carbonyl (C=O) groups is 2. The Hall–Kier alpha value is -2.71. The lowest BCUT2D eigenvalue weighted by atomic mass is 9.93. The van der Waals surface area contributed by atoms with E-state index >= 15 is 0 Å². The number of nitrogens with zero attached hydrogens (tertiary/aromatic N) is 2. The zero-order chi connectivity index (χ0) is 23.7. The summed E-state index contributed by atoms with van der Waals surface area (Å²) in [5, 5.41) is 2.90. The van der Waals surface area contributed by atoms with Gasteiger partial charge in [-0.1, -0.05) is 55.8 Å². The molecule has 3 rings (SSSR count). The highest BCUT2D eigenvalue weighted by Crippen LogP contribution is 2.31. The topological polar surface area (TPSA) is 86.8 Å². The van der Waals surface area contributed by atoms with Gasteiger partial charge in [0.15, 0.2) is 0 Å². The summed E-state index contributed by atoms with van der Waals surface area (Å²) < 4.78 is 25.5. The van der Waals surface area contributed by atoms with Crippen LogP contribution in [0.1, 0.15) is 43.4 Å². The molecule has 0 aliphatic carbocycles. The number of piperazine rings is 1. The first-order valence-electron chi connectivity index (χ1n) is 10.6. The third-order valence-corrected chi connectivity index (χ3v) is 7.08. The molecule has 0 saturated carbocycles. The zero-order valence-electron chi connectivity index (χ0n) is 19.3. The molecule has 32 heavy (non-hydrogen) atoms. The molecule has 1 heterocycles. The van der Waals surface area contributed by atoms with Crippen LogP contribution in [0.25, 0.3) is 0 Å². The fourth-order valence-electron chi connectivity index (χ4n) is 3.89. The minimum Gasteiger partial charge on any atom is -0.350 e. The summed E-state index contributed by atoms with van der Waals surface area (Å²) in [5.74, 6) is -0.523. The number of hydrogen-bond donors (Lipinski definition) is 1. The van der Waals surface area contributed by atoms with E-state index in [0.717, 1.165) is 27.3 Å². The number of sulfonamides is 1. The van der Waals surface area contributed by atoms with Crippen molar-refractivity contribution in [3.8, 4) is 0 Å². The predicted molar refractivity (Wildman–Crippen MR) is 126 cm³/mol. The number of hydrogen-bond acceptors (Lipinski definition) is 4. The van der Waals surface area contributed by atoms with Crippen LogP contribution in [0, 0.1) is 6.92 Å². The van der Waals surface area contributed by atoms with Crippen LogP contribution in [0.2, 0.25) is 0 Å². The molecule has 2 aromatic rings. The van der Waals surface area contributed by atoms with Gasteiger partial charge in [-0.05, 0) is 43.0 Å². The van der Waals surface area contributed by atoms with E-state index in [0.29, 0.717) is 11.6 Å². The molecule has 8 heteroatoms. The predicted octanol–water partition coefficient (Wildman–Crippen LogP) is 2.80. The molecule has 1 saturated heterocycles. The molecular weight excluding hydrogens is 426 g/mol. The number of amides is 2. The van der Waals surface area contributed by atoms with Gasteiger partial charge in [0.1, 0.15) is 5.54 Å². The number of aryl methyl sites for hydroxylation is 1. The Morgan fingerprint density at radius 1 is 1.09 bits per heavy atom. The molecule has 1 atom stereocenters. The van der Waals surface area contributed by atoms with E-state index in [-0.39, 0.29) is 19.6 Å². The van der Waals surface area contributed by atoms with Gasteiger partial charge in [0.05, 0.1) is 12.8 Å². The van der Waals surface area contributed by atoms with E-state index in [1.54, 1.807) is 6.92 Å². The fourth-order valence-corrected chi connectivity index (χ4v) is 4.72. The van der Waals surface area contributed by atoms with Crippen LogP contribution in [-0.4, -0.2) is 49.4 Å². The van der Waals surface area contributed by atoms with Gasteiger partial charge in [-0.25, -0.2) is 8.42 Å². The highest BCUT2D eigenvalue weighted by Gasteiger charge is 2.50. The van der Waals surface area contributed by atoms with E-state index in [2.05, 4.69) is 19.2 Å². The van der Waals surface area contributed by atoms with Gasteiger partial charge < -0.3 is 5.32 Å². The molecule has 2 amide bonds. The molecule has 1 fully saturated rings. The van der Waals surface area contributed by atoms with Crippen LogP contribution in [0.15, 0.2) is 48.5 Å². The molecule has 0 spiro atoms. The summed E-state index contributed by atoms with van der Waals surface area (Å²) in [5.41, 5.74) is 2.32. The van der Waals surface area contributed by atoms with Crippen molar-refractivity contribution in [1.82, 2.24) is 9.62 Å². The molecule has 0 radical (unpaired) electrons. The third-order valence-electron chi connectivity index (χ3n) is 5.89. The Balaban J connectivity index is 1.94. The average molecular weight is 458 g/mol. The maximum absolute atomic E-state index is 13.4. The largest absolute Gasteiger partial charge is 0.350 e. The normalized spacial score (nSPS) is 19.9. The number of anilines is 1. The minimum atomic E-state index is -3.65. The second kappa shape index (κ2) is 9.03. The quantitative estimate of drug-likeness (QED) is 0.723.